The van der Waals surface area contributed by atoms with E-state index in [9.17, 15) is 4.79 Å². The molecule has 128 valence electrons. The van der Waals surface area contributed by atoms with Crippen LogP contribution in [0.4, 0.5) is 0 Å². The number of likely N-dealkylation sites (tertiary alicyclic amines) is 1. The fourth-order valence-electron chi connectivity index (χ4n) is 3.12. The molecule has 0 aliphatic carbocycles. The number of benzene rings is 1. The SMILES string of the molecule is Cc1cnc([C@H]2CCCN(Cc3ccccc3OCC(=O)O)C2)s1. The molecule has 1 aliphatic rings. The van der Waals surface area contributed by atoms with E-state index in [0.29, 0.717) is 11.7 Å². The molecule has 3 rings (SSSR count). The molecule has 1 atom stereocenters. The van der Waals surface area contributed by atoms with Crippen molar-refractivity contribution in [2.24, 2.45) is 0 Å². The average molecular weight is 346 g/mol. The van der Waals surface area contributed by atoms with Crippen LogP contribution in [-0.2, 0) is 11.3 Å². The number of rotatable bonds is 6. The summed E-state index contributed by atoms with van der Waals surface area (Å²) >= 11 is 1.79. The Kier molecular flexibility index (Phi) is 5.48. The highest BCUT2D eigenvalue weighted by atomic mass is 32.1. The van der Waals surface area contributed by atoms with Crippen molar-refractivity contribution in [3.05, 3.63) is 45.9 Å². The summed E-state index contributed by atoms with van der Waals surface area (Å²) in [4.78, 5) is 19.0. The number of nitrogens with zero attached hydrogens (tertiary/aromatic N) is 2. The lowest BCUT2D eigenvalue weighted by atomic mass is 9.98. The summed E-state index contributed by atoms with van der Waals surface area (Å²) in [5.74, 6) is 0.193. The highest BCUT2D eigenvalue weighted by Gasteiger charge is 2.24. The van der Waals surface area contributed by atoms with Crippen molar-refractivity contribution in [1.29, 1.82) is 0 Å². The molecule has 2 aromatic rings. The molecular formula is C18H22N2O3S. The smallest absolute Gasteiger partial charge is 0.341 e. The zero-order valence-electron chi connectivity index (χ0n) is 13.8. The molecule has 0 bridgehead atoms. The van der Waals surface area contributed by atoms with Crippen molar-refractivity contribution in [3.8, 4) is 5.75 Å². The number of ether oxygens (including phenoxy) is 1. The number of carboxylic acids is 1. The molecule has 5 nitrogen and oxygen atoms in total. The Labute approximate surface area is 145 Å². The van der Waals surface area contributed by atoms with Crippen LogP contribution in [0.3, 0.4) is 0 Å². The molecule has 0 radical (unpaired) electrons. The first-order valence-corrected chi connectivity index (χ1v) is 9.00. The van der Waals surface area contributed by atoms with Gasteiger partial charge in [0.2, 0.25) is 0 Å². The number of carboxylic acid groups (broad SMARTS) is 1. The summed E-state index contributed by atoms with van der Waals surface area (Å²) in [5.41, 5.74) is 1.04. The number of aromatic nitrogens is 1. The average Bonchev–Trinajstić information content (AvgIpc) is 3.01. The fraction of sp³-hybridized carbons (Fsp3) is 0.444. The number of hydrogen-bond acceptors (Lipinski definition) is 5. The van der Waals surface area contributed by atoms with Crippen molar-refractivity contribution >= 4 is 17.3 Å². The van der Waals surface area contributed by atoms with Gasteiger partial charge in [-0.2, -0.15) is 0 Å². The summed E-state index contributed by atoms with van der Waals surface area (Å²) < 4.78 is 5.42. The molecule has 0 amide bonds. The molecule has 2 heterocycles. The second-order valence-electron chi connectivity index (χ2n) is 6.17. The summed E-state index contributed by atoms with van der Waals surface area (Å²) in [6.45, 7) is 4.60. The number of carbonyl (C=O) groups is 1. The van der Waals surface area contributed by atoms with Crippen molar-refractivity contribution < 1.29 is 14.6 Å². The van der Waals surface area contributed by atoms with Gasteiger partial charge in [0.25, 0.3) is 0 Å². The molecule has 1 fully saturated rings. The van der Waals surface area contributed by atoms with Crippen molar-refractivity contribution in [2.45, 2.75) is 32.2 Å². The summed E-state index contributed by atoms with van der Waals surface area (Å²) in [7, 11) is 0. The predicted octanol–water partition coefficient (Wildman–Crippen LogP) is 3.29. The number of hydrogen-bond donors (Lipinski definition) is 1. The quantitative estimate of drug-likeness (QED) is 0.869. The van der Waals surface area contributed by atoms with Gasteiger partial charge in [-0.3, -0.25) is 4.90 Å². The molecule has 0 unspecified atom stereocenters. The van der Waals surface area contributed by atoms with Gasteiger partial charge >= 0.3 is 5.97 Å². The van der Waals surface area contributed by atoms with E-state index in [0.717, 1.165) is 31.6 Å². The predicted molar refractivity (Wildman–Crippen MR) is 93.7 cm³/mol. The van der Waals surface area contributed by atoms with Crippen LogP contribution in [-0.4, -0.2) is 40.7 Å². The Morgan fingerprint density at radius 3 is 3.04 bits per heavy atom. The summed E-state index contributed by atoms with van der Waals surface area (Å²) in [5, 5.41) is 10.0. The van der Waals surface area contributed by atoms with Gasteiger partial charge in [-0.1, -0.05) is 18.2 Å². The second-order valence-corrected chi connectivity index (χ2v) is 7.44. The Balaban J connectivity index is 1.66. The van der Waals surface area contributed by atoms with E-state index in [1.807, 2.05) is 30.5 Å². The first-order chi connectivity index (χ1) is 11.6. The minimum atomic E-state index is -0.957. The molecule has 6 heteroatoms. The molecule has 1 saturated heterocycles. The van der Waals surface area contributed by atoms with Gasteiger partial charge in [0.15, 0.2) is 6.61 Å². The largest absolute Gasteiger partial charge is 0.482 e. The minimum absolute atomic E-state index is 0.308. The van der Waals surface area contributed by atoms with Gasteiger partial charge in [-0.15, -0.1) is 11.3 Å². The van der Waals surface area contributed by atoms with Crippen LogP contribution < -0.4 is 4.74 Å². The number of thiazole rings is 1. The van der Waals surface area contributed by atoms with Gasteiger partial charge in [0.05, 0.1) is 5.01 Å². The van der Waals surface area contributed by atoms with Crippen LogP contribution >= 0.6 is 11.3 Å². The minimum Gasteiger partial charge on any atom is -0.482 e. The Bertz CT molecular complexity index is 701. The molecule has 24 heavy (non-hydrogen) atoms. The maximum Gasteiger partial charge on any atom is 0.341 e. The van der Waals surface area contributed by atoms with E-state index < -0.39 is 5.97 Å². The van der Waals surface area contributed by atoms with Gasteiger partial charge < -0.3 is 9.84 Å². The van der Waals surface area contributed by atoms with Crippen molar-refractivity contribution in [3.63, 3.8) is 0 Å². The third-order valence-corrected chi connectivity index (χ3v) is 5.29. The van der Waals surface area contributed by atoms with Crippen LogP contribution in [0.2, 0.25) is 0 Å². The van der Waals surface area contributed by atoms with E-state index in [4.69, 9.17) is 9.84 Å². The molecule has 1 aromatic heterocycles. The second kappa shape index (κ2) is 7.77. The standard InChI is InChI=1S/C18H22N2O3S/c1-13-9-19-18(24-13)15-6-4-8-20(11-15)10-14-5-2-3-7-16(14)23-12-17(21)22/h2-3,5,7,9,15H,4,6,8,10-12H2,1H3,(H,21,22)/t15-/m0/s1. The number of piperidine rings is 1. The number of aliphatic carboxylic acids is 1. The van der Waals surface area contributed by atoms with E-state index in [-0.39, 0.29) is 6.61 Å². The molecular weight excluding hydrogens is 324 g/mol. The van der Waals surface area contributed by atoms with Crippen LogP contribution in [0.1, 0.15) is 34.2 Å². The molecule has 0 saturated carbocycles. The highest BCUT2D eigenvalue weighted by Crippen LogP contribution is 2.31. The zero-order chi connectivity index (χ0) is 16.9. The van der Waals surface area contributed by atoms with E-state index in [1.54, 1.807) is 11.3 Å². The van der Waals surface area contributed by atoms with E-state index >= 15 is 0 Å². The lowest BCUT2D eigenvalue weighted by molar-refractivity contribution is -0.139. The zero-order valence-corrected chi connectivity index (χ0v) is 14.6. The molecule has 1 aromatic carbocycles. The summed E-state index contributed by atoms with van der Waals surface area (Å²) in [6.07, 6.45) is 4.29. The van der Waals surface area contributed by atoms with Crippen molar-refractivity contribution in [1.82, 2.24) is 9.88 Å². The maximum absolute atomic E-state index is 10.7. The Morgan fingerprint density at radius 1 is 1.46 bits per heavy atom. The fourth-order valence-corrected chi connectivity index (χ4v) is 4.02. The Morgan fingerprint density at radius 2 is 2.29 bits per heavy atom. The maximum atomic E-state index is 10.7. The van der Waals surface area contributed by atoms with Gasteiger partial charge in [0.1, 0.15) is 5.75 Å². The van der Waals surface area contributed by atoms with Gasteiger partial charge in [0, 0.05) is 35.6 Å². The Hall–Kier alpha value is -1.92. The van der Waals surface area contributed by atoms with Crippen LogP contribution in [0.5, 0.6) is 5.75 Å². The number of para-hydroxylation sites is 1. The van der Waals surface area contributed by atoms with Gasteiger partial charge in [-0.05, 0) is 32.4 Å². The van der Waals surface area contributed by atoms with Crippen LogP contribution in [0.15, 0.2) is 30.5 Å². The monoisotopic (exact) mass is 346 g/mol. The molecule has 1 N–H and O–H groups in total. The van der Waals surface area contributed by atoms with E-state index in [1.165, 1.54) is 16.3 Å². The third kappa shape index (κ3) is 4.33. The van der Waals surface area contributed by atoms with Gasteiger partial charge in [-0.25, -0.2) is 9.78 Å². The molecule has 0 spiro atoms. The first-order valence-electron chi connectivity index (χ1n) is 8.19. The van der Waals surface area contributed by atoms with Crippen LogP contribution in [0, 0.1) is 6.92 Å². The first kappa shape index (κ1) is 16.9. The third-order valence-electron chi connectivity index (χ3n) is 4.21. The highest BCUT2D eigenvalue weighted by molar-refractivity contribution is 7.11. The summed E-state index contributed by atoms with van der Waals surface area (Å²) in [6, 6.07) is 7.69. The van der Waals surface area contributed by atoms with E-state index in [2.05, 4.69) is 16.8 Å². The van der Waals surface area contributed by atoms with Crippen molar-refractivity contribution in [2.75, 3.05) is 19.7 Å². The lowest BCUT2D eigenvalue weighted by Crippen LogP contribution is -2.34. The normalized spacial score (nSPS) is 18.5. The lowest BCUT2D eigenvalue weighted by Gasteiger charge is -2.32. The van der Waals surface area contributed by atoms with Crippen LogP contribution in [0.25, 0.3) is 0 Å². The number of aryl methyl sites for hydroxylation is 1. The topological polar surface area (TPSA) is 62.7 Å². The molecule has 1 aliphatic heterocycles.